The molecule has 0 unspecified atom stereocenters. The van der Waals surface area contributed by atoms with Crippen LogP contribution in [0.15, 0.2) is 6.20 Å². The van der Waals surface area contributed by atoms with E-state index in [2.05, 4.69) is 27.5 Å². The molecule has 108 valence electrons. The number of aromatic nitrogens is 2. The minimum Gasteiger partial charge on any atom is -0.370 e. The predicted octanol–water partition coefficient (Wildman–Crippen LogP) is 3.99. The van der Waals surface area contributed by atoms with Crippen LogP contribution in [0.3, 0.4) is 0 Å². The summed E-state index contributed by atoms with van der Waals surface area (Å²) >= 11 is 0. The van der Waals surface area contributed by atoms with Gasteiger partial charge in [-0.3, -0.25) is 0 Å². The van der Waals surface area contributed by atoms with Crippen molar-refractivity contribution in [2.75, 3.05) is 23.7 Å². The van der Waals surface area contributed by atoms with Crippen molar-refractivity contribution in [1.82, 2.24) is 9.97 Å². The van der Waals surface area contributed by atoms with E-state index in [-0.39, 0.29) is 0 Å². The van der Waals surface area contributed by atoms with E-state index in [1.807, 2.05) is 20.0 Å². The fraction of sp³-hybridized carbons (Fsp3) is 0.733. The minimum atomic E-state index is 0.707. The average molecular weight is 264 g/mol. The van der Waals surface area contributed by atoms with Gasteiger partial charge in [0, 0.05) is 24.8 Å². The largest absolute Gasteiger partial charge is 0.370 e. The Kier molecular flexibility index (Phi) is 7.94. The second kappa shape index (κ2) is 9.59. The molecule has 0 radical (unpaired) electrons. The fourth-order valence-electron chi connectivity index (χ4n) is 1.98. The van der Waals surface area contributed by atoms with Crippen molar-refractivity contribution in [3.63, 3.8) is 0 Å². The van der Waals surface area contributed by atoms with Gasteiger partial charge in [0.1, 0.15) is 5.82 Å². The van der Waals surface area contributed by atoms with Gasteiger partial charge in [0.05, 0.1) is 0 Å². The molecule has 0 aliphatic rings. The lowest BCUT2D eigenvalue weighted by Gasteiger charge is -2.10. The predicted molar refractivity (Wildman–Crippen MR) is 82.8 cm³/mol. The molecule has 1 heterocycles. The van der Waals surface area contributed by atoms with Gasteiger partial charge < -0.3 is 10.6 Å². The van der Waals surface area contributed by atoms with Gasteiger partial charge in [-0.15, -0.1) is 0 Å². The van der Waals surface area contributed by atoms with Gasteiger partial charge >= 0.3 is 0 Å². The summed E-state index contributed by atoms with van der Waals surface area (Å²) in [4.78, 5) is 8.72. The molecule has 1 aromatic heterocycles. The fourth-order valence-corrected chi connectivity index (χ4v) is 1.98. The second-order valence-corrected chi connectivity index (χ2v) is 4.95. The Hall–Kier alpha value is -1.32. The van der Waals surface area contributed by atoms with E-state index in [4.69, 9.17) is 0 Å². The Bertz CT molecular complexity index is 352. The maximum Gasteiger partial charge on any atom is 0.224 e. The third-order valence-electron chi connectivity index (χ3n) is 3.13. The molecule has 4 heteroatoms. The Labute approximate surface area is 117 Å². The van der Waals surface area contributed by atoms with Gasteiger partial charge in [0.2, 0.25) is 5.95 Å². The van der Waals surface area contributed by atoms with Crippen molar-refractivity contribution >= 4 is 11.8 Å². The lowest BCUT2D eigenvalue weighted by atomic mass is 10.1. The Morgan fingerprint density at radius 3 is 2.47 bits per heavy atom. The van der Waals surface area contributed by atoms with Crippen LogP contribution in [-0.2, 0) is 0 Å². The first kappa shape index (κ1) is 15.7. The number of hydrogen-bond donors (Lipinski definition) is 2. The lowest BCUT2D eigenvalue weighted by molar-refractivity contribution is 0.616. The molecule has 0 amide bonds. The van der Waals surface area contributed by atoms with Crippen LogP contribution in [0.1, 0.15) is 57.9 Å². The molecular weight excluding hydrogens is 236 g/mol. The van der Waals surface area contributed by atoms with Gasteiger partial charge in [-0.1, -0.05) is 39.0 Å². The number of hydrogen-bond acceptors (Lipinski definition) is 4. The minimum absolute atomic E-state index is 0.707. The molecule has 0 aliphatic heterocycles. The zero-order valence-corrected chi connectivity index (χ0v) is 12.6. The summed E-state index contributed by atoms with van der Waals surface area (Å²) < 4.78 is 0. The maximum absolute atomic E-state index is 4.48. The summed E-state index contributed by atoms with van der Waals surface area (Å²) in [6.07, 6.45) is 9.78. The van der Waals surface area contributed by atoms with Crippen molar-refractivity contribution in [3.05, 3.63) is 11.8 Å². The van der Waals surface area contributed by atoms with Crippen LogP contribution >= 0.6 is 0 Å². The highest BCUT2D eigenvalue weighted by Crippen LogP contribution is 2.13. The van der Waals surface area contributed by atoms with Gasteiger partial charge in [0.25, 0.3) is 0 Å². The zero-order chi connectivity index (χ0) is 13.9. The molecule has 1 rings (SSSR count). The molecule has 0 bridgehead atoms. The smallest absolute Gasteiger partial charge is 0.224 e. The standard InChI is InChI=1S/C15H28N4/c1-4-6-7-8-9-10-11-17-14-13(3)12-18-15(19-14)16-5-2/h12H,4-11H2,1-3H3,(H2,16,17,18,19). The van der Waals surface area contributed by atoms with Gasteiger partial charge in [-0.2, -0.15) is 4.98 Å². The maximum atomic E-state index is 4.48. The van der Waals surface area contributed by atoms with E-state index >= 15 is 0 Å². The molecule has 0 saturated carbocycles. The number of rotatable bonds is 10. The first-order chi connectivity index (χ1) is 9.27. The van der Waals surface area contributed by atoms with E-state index in [9.17, 15) is 0 Å². The highest BCUT2D eigenvalue weighted by molar-refractivity contribution is 5.46. The van der Waals surface area contributed by atoms with E-state index in [0.717, 1.165) is 24.5 Å². The Balaban J connectivity index is 2.26. The molecule has 0 atom stereocenters. The third-order valence-corrected chi connectivity index (χ3v) is 3.13. The Morgan fingerprint density at radius 2 is 1.74 bits per heavy atom. The van der Waals surface area contributed by atoms with E-state index in [1.54, 1.807) is 0 Å². The monoisotopic (exact) mass is 264 g/mol. The van der Waals surface area contributed by atoms with Crippen LogP contribution in [0.2, 0.25) is 0 Å². The molecular formula is C15H28N4. The average Bonchev–Trinajstić information content (AvgIpc) is 2.41. The highest BCUT2D eigenvalue weighted by Gasteiger charge is 2.02. The normalized spacial score (nSPS) is 10.5. The number of nitrogens with one attached hydrogen (secondary N) is 2. The summed E-state index contributed by atoms with van der Waals surface area (Å²) in [7, 11) is 0. The summed E-state index contributed by atoms with van der Waals surface area (Å²) in [6.45, 7) is 8.18. The number of nitrogens with zero attached hydrogens (tertiary/aromatic N) is 2. The summed E-state index contributed by atoms with van der Waals surface area (Å²) in [6, 6.07) is 0. The SMILES string of the molecule is CCCCCCCCNc1nc(NCC)ncc1C. The van der Waals surface area contributed by atoms with Gasteiger partial charge in [-0.05, 0) is 20.3 Å². The molecule has 1 aromatic rings. The van der Waals surface area contributed by atoms with Gasteiger partial charge in [0.15, 0.2) is 0 Å². The van der Waals surface area contributed by atoms with Gasteiger partial charge in [-0.25, -0.2) is 4.98 Å². The topological polar surface area (TPSA) is 49.8 Å². The van der Waals surface area contributed by atoms with E-state index in [1.165, 1.54) is 38.5 Å². The molecule has 0 saturated heterocycles. The molecule has 19 heavy (non-hydrogen) atoms. The van der Waals surface area contributed by atoms with E-state index in [0.29, 0.717) is 5.95 Å². The van der Waals surface area contributed by atoms with Crippen molar-refractivity contribution in [3.8, 4) is 0 Å². The van der Waals surface area contributed by atoms with Crippen molar-refractivity contribution in [1.29, 1.82) is 0 Å². The molecule has 0 aliphatic carbocycles. The van der Waals surface area contributed by atoms with Crippen LogP contribution in [0.4, 0.5) is 11.8 Å². The highest BCUT2D eigenvalue weighted by atomic mass is 15.1. The quantitative estimate of drug-likeness (QED) is 0.627. The first-order valence-electron chi connectivity index (χ1n) is 7.59. The summed E-state index contributed by atoms with van der Waals surface area (Å²) in [5.41, 5.74) is 1.10. The Morgan fingerprint density at radius 1 is 1.00 bits per heavy atom. The molecule has 0 spiro atoms. The number of aryl methyl sites for hydroxylation is 1. The molecule has 2 N–H and O–H groups in total. The summed E-state index contributed by atoms with van der Waals surface area (Å²) in [5.74, 6) is 1.66. The van der Waals surface area contributed by atoms with Crippen LogP contribution in [-0.4, -0.2) is 23.1 Å². The van der Waals surface area contributed by atoms with Crippen molar-refractivity contribution in [2.45, 2.75) is 59.3 Å². The first-order valence-corrected chi connectivity index (χ1v) is 7.59. The van der Waals surface area contributed by atoms with Crippen molar-refractivity contribution in [2.24, 2.45) is 0 Å². The number of unbranched alkanes of at least 4 members (excludes halogenated alkanes) is 5. The number of anilines is 2. The molecule has 0 fully saturated rings. The van der Waals surface area contributed by atoms with Crippen LogP contribution < -0.4 is 10.6 Å². The van der Waals surface area contributed by atoms with Crippen LogP contribution in [0.5, 0.6) is 0 Å². The molecule has 0 aromatic carbocycles. The van der Waals surface area contributed by atoms with Crippen LogP contribution in [0.25, 0.3) is 0 Å². The zero-order valence-electron chi connectivity index (χ0n) is 12.6. The van der Waals surface area contributed by atoms with Crippen LogP contribution in [0, 0.1) is 6.92 Å². The van der Waals surface area contributed by atoms with E-state index < -0.39 is 0 Å². The second-order valence-electron chi connectivity index (χ2n) is 4.95. The third kappa shape index (κ3) is 6.41. The molecule has 4 nitrogen and oxygen atoms in total. The summed E-state index contributed by atoms with van der Waals surface area (Å²) in [5, 5.41) is 6.55. The lowest BCUT2D eigenvalue weighted by Crippen LogP contribution is -2.09. The van der Waals surface area contributed by atoms with Crippen molar-refractivity contribution < 1.29 is 0 Å².